The van der Waals surface area contributed by atoms with Crippen molar-refractivity contribution in [3.63, 3.8) is 0 Å². The Balaban J connectivity index is 1.48. The average molecular weight is 367 g/mol. The maximum atomic E-state index is 12.6. The van der Waals surface area contributed by atoms with Gasteiger partial charge in [0.15, 0.2) is 0 Å². The van der Waals surface area contributed by atoms with E-state index in [-0.39, 0.29) is 17.4 Å². The fraction of sp³-hybridized carbons (Fsp3) is 0.522. The van der Waals surface area contributed by atoms with Crippen LogP contribution in [0.5, 0.6) is 0 Å². The summed E-state index contributed by atoms with van der Waals surface area (Å²) in [5.41, 5.74) is 3.55. The number of piperidine rings is 1. The summed E-state index contributed by atoms with van der Waals surface area (Å²) in [6, 6.07) is 10.5. The van der Waals surface area contributed by atoms with Gasteiger partial charge in [0, 0.05) is 5.41 Å². The lowest BCUT2D eigenvalue weighted by molar-refractivity contribution is 0.0924. The second-order valence-corrected chi connectivity index (χ2v) is 8.63. The predicted molar refractivity (Wildman–Crippen MR) is 107 cm³/mol. The van der Waals surface area contributed by atoms with Crippen molar-refractivity contribution >= 4 is 5.91 Å². The highest BCUT2D eigenvalue weighted by Gasteiger charge is 2.45. The van der Waals surface area contributed by atoms with Gasteiger partial charge in [0.25, 0.3) is 5.91 Å². The van der Waals surface area contributed by atoms with Gasteiger partial charge < -0.3 is 14.6 Å². The highest BCUT2D eigenvalue weighted by molar-refractivity contribution is 5.94. The van der Waals surface area contributed by atoms with Gasteiger partial charge in [0.05, 0.1) is 17.9 Å². The Labute approximate surface area is 161 Å². The third-order valence-electron chi connectivity index (χ3n) is 6.43. The van der Waals surface area contributed by atoms with Crippen LogP contribution in [0, 0.1) is 5.92 Å². The molecule has 0 saturated carbocycles. The van der Waals surface area contributed by atoms with E-state index < -0.39 is 0 Å². The van der Waals surface area contributed by atoms with Crippen molar-refractivity contribution in [2.45, 2.75) is 51.0 Å². The molecule has 1 aliphatic carbocycles. The van der Waals surface area contributed by atoms with E-state index in [1.165, 1.54) is 43.2 Å². The number of nitrogens with zero attached hydrogens (tertiary/aromatic N) is 1. The first kappa shape index (κ1) is 18.3. The molecule has 1 amide bonds. The fourth-order valence-electron chi connectivity index (χ4n) is 4.78. The van der Waals surface area contributed by atoms with E-state index in [4.69, 9.17) is 4.42 Å². The molecule has 4 heteroatoms. The lowest BCUT2D eigenvalue weighted by atomic mass is 9.73. The number of amides is 1. The van der Waals surface area contributed by atoms with Gasteiger partial charge in [-0.05, 0) is 68.4 Å². The lowest BCUT2D eigenvalue weighted by Crippen LogP contribution is -2.42. The van der Waals surface area contributed by atoms with E-state index in [0.29, 0.717) is 5.56 Å². The molecule has 1 atom stereocenters. The lowest BCUT2D eigenvalue weighted by Gasteiger charge is -2.40. The molecule has 2 heterocycles. The Morgan fingerprint density at radius 2 is 2.04 bits per heavy atom. The van der Waals surface area contributed by atoms with E-state index >= 15 is 0 Å². The van der Waals surface area contributed by atoms with Crippen molar-refractivity contribution in [2.75, 3.05) is 19.6 Å². The molecule has 0 unspecified atom stereocenters. The van der Waals surface area contributed by atoms with Gasteiger partial charge in [-0.1, -0.05) is 38.1 Å². The number of hydrogen-bond acceptors (Lipinski definition) is 3. The zero-order valence-electron chi connectivity index (χ0n) is 16.4. The molecule has 1 spiro atoms. The molecule has 1 aliphatic heterocycles. The maximum Gasteiger partial charge on any atom is 0.255 e. The molecule has 27 heavy (non-hydrogen) atoms. The normalized spacial score (nSPS) is 21.5. The molecular weight excluding hydrogens is 336 g/mol. The van der Waals surface area contributed by atoms with Crippen LogP contribution < -0.4 is 5.32 Å². The van der Waals surface area contributed by atoms with Crippen molar-refractivity contribution in [2.24, 2.45) is 5.92 Å². The van der Waals surface area contributed by atoms with Crippen LogP contribution in [0.1, 0.15) is 67.1 Å². The molecule has 1 aromatic carbocycles. The summed E-state index contributed by atoms with van der Waals surface area (Å²) in [4.78, 5) is 15.2. The van der Waals surface area contributed by atoms with Gasteiger partial charge in [-0.2, -0.15) is 0 Å². The fourth-order valence-corrected chi connectivity index (χ4v) is 4.78. The van der Waals surface area contributed by atoms with E-state index in [0.717, 1.165) is 25.4 Å². The zero-order valence-corrected chi connectivity index (χ0v) is 16.4. The standard InChI is InChI=1S/C23H30N2O2/c1-17(2)7-11-25-12-9-23(10-13-25)15-21(19-5-3-4-6-20(19)23)24-22(26)18-8-14-27-16-18/h3-6,8,14,16-17,21H,7,9-13,15H2,1-2H3,(H,24,26)/t21-/m0/s1. The molecule has 1 fully saturated rings. The summed E-state index contributed by atoms with van der Waals surface area (Å²) in [5.74, 6) is 0.713. The first-order chi connectivity index (χ1) is 13.1. The van der Waals surface area contributed by atoms with Crippen LogP contribution in [-0.4, -0.2) is 30.4 Å². The van der Waals surface area contributed by atoms with Gasteiger partial charge >= 0.3 is 0 Å². The first-order valence-corrected chi connectivity index (χ1v) is 10.2. The van der Waals surface area contributed by atoms with Crippen LogP contribution in [0.15, 0.2) is 47.3 Å². The highest BCUT2D eigenvalue weighted by atomic mass is 16.3. The van der Waals surface area contributed by atoms with Crippen molar-refractivity contribution in [1.29, 1.82) is 0 Å². The SMILES string of the molecule is CC(C)CCN1CCC2(CC1)C[C@H](NC(=O)c1ccoc1)c1ccccc12. The molecule has 1 aromatic heterocycles. The Morgan fingerprint density at radius 3 is 2.74 bits per heavy atom. The molecule has 144 valence electrons. The van der Waals surface area contributed by atoms with Crippen molar-refractivity contribution in [3.8, 4) is 0 Å². The number of fused-ring (bicyclic) bond motifs is 2. The Hall–Kier alpha value is -2.07. The molecule has 4 nitrogen and oxygen atoms in total. The molecule has 0 radical (unpaired) electrons. The Morgan fingerprint density at radius 1 is 1.26 bits per heavy atom. The smallest absolute Gasteiger partial charge is 0.255 e. The minimum atomic E-state index is -0.0463. The van der Waals surface area contributed by atoms with Crippen LogP contribution in [0.3, 0.4) is 0 Å². The van der Waals surface area contributed by atoms with E-state index in [9.17, 15) is 4.79 Å². The van der Waals surface area contributed by atoms with Crippen LogP contribution in [0.4, 0.5) is 0 Å². The number of carbonyl (C=O) groups is 1. The summed E-state index contributed by atoms with van der Waals surface area (Å²) in [5, 5.41) is 3.25. The number of hydrogen-bond donors (Lipinski definition) is 1. The van der Waals surface area contributed by atoms with Gasteiger partial charge in [-0.3, -0.25) is 4.79 Å². The topological polar surface area (TPSA) is 45.5 Å². The molecule has 2 aliphatic rings. The van der Waals surface area contributed by atoms with E-state index in [1.54, 1.807) is 12.3 Å². The van der Waals surface area contributed by atoms with Crippen molar-refractivity contribution in [3.05, 3.63) is 59.5 Å². The summed E-state index contributed by atoms with van der Waals surface area (Å²) < 4.78 is 5.06. The monoisotopic (exact) mass is 366 g/mol. The quantitative estimate of drug-likeness (QED) is 0.845. The minimum absolute atomic E-state index is 0.0463. The van der Waals surface area contributed by atoms with Gasteiger partial charge in [-0.15, -0.1) is 0 Å². The summed E-state index contributed by atoms with van der Waals surface area (Å²) in [6.07, 6.45) is 7.70. The minimum Gasteiger partial charge on any atom is -0.472 e. The number of rotatable bonds is 5. The molecular formula is C23H30N2O2. The van der Waals surface area contributed by atoms with Crippen LogP contribution in [0.2, 0.25) is 0 Å². The Bertz CT molecular complexity index is 773. The number of furan rings is 1. The van der Waals surface area contributed by atoms with E-state index in [1.807, 2.05) is 0 Å². The summed E-state index contributed by atoms with van der Waals surface area (Å²) in [7, 11) is 0. The van der Waals surface area contributed by atoms with E-state index in [2.05, 4.69) is 48.3 Å². The third-order valence-corrected chi connectivity index (χ3v) is 6.43. The average Bonchev–Trinajstić information content (AvgIpc) is 3.30. The third kappa shape index (κ3) is 3.68. The zero-order chi connectivity index (χ0) is 18.9. The van der Waals surface area contributed by atoms with Crippen LogP contribution >= 0.6 is 0 Å². The number of nitrogens with one attached hydrogen (secondary N) is 1. The van der Waals surface area contributed by atoms with Gasteiger partial charge in [-0.25, -0.2) is 0 Å². The van der Waals surface area contributed by atoms with Crippen LogP contribution in [-0.2, 0) is 5.41 Å². The molecule has 0 bridgehead atoms. The number of benzene rings is 1. The highest BCUT2D eigenvalue weighted by Crippen LogP contribution is 2.50. The summed E-state index contributed by atoms with van der Waals surface area (Å²) >= 11 is 0. The van der Waals surface area contributed by atoms with Gasteiger partial charge in [0.1, 0.15) is 6.26 Å². The maximum absolute atomic E-state index is 12.6. The van der Waals surface area contributed by atoms with Crippen LogP contribution in [0.25, 0.3) is 0 Å². The molecule has 2 aromatic rings. The summed E-state index contributed by atoms with van der Waals surface area (Å²) in [6.45, 7) is 8.11. The second kappa shape index (κ2) is 7.51. The van der Waals surface area contributed by atoms with Gasteiger partial charge in [0.2, 0.25) is 0 Å². The number of likely N-dealkylation sites (tertiary alicyclic amines) is 1. The number of carbonyl (C=O) groups excluding carboxylic acids is 1. The predicted octanol–water partition coefficient (Wildman–Crippen LogP) is 4.53. The van der Waals surface area contributed by atoms with Crippen molar-refractivity contribution < 1.29 is 9.21 Å². The largest absolute Gasteiger partial charge is 0.472 e. The molecule has 4 rings (SSSR count). The first-order valence-electron chi connectivity index (χ1n) is 10.2. The van der Waals surface area contributed by atoms with Crippen molar-refractivity contribution in [1.82, 2.24) is 10.2 Å². The Kier molecular flexibility index (Phi) is 5.09. The second-order valence-electron chi connectivity index (χ2n) is 8.63. The molecule has 1 N–H and O–H groups in total. The molecule has 1 saturated heterocycles.